The topological polar surface area (TPSA) is 126 Å². The average molecular weight is 292 g/mol. The molecule has 16 heavy (non-hydrogen) atoms. The lowest BCUT2D eigenvalue weighted by atomic mass is 10.4. The maximum Gasteiger partial charge on any atom is 0.428 e. The molecule has 0 aliphatic carbocycles. The highest BCUT2D eigenvalue weighted by Crippen LogP contribution is 2.37. The van der Waals surface area contributed by atoms with Crippen LogP contribution in [-0.2, 0) is 4.57 Å². The molecule has 0 saturated heterocycles. The van der Waals surface area contributed by atoms with Crippen LogP contribution in [0.2, 0.25) is 0 Å². The van der Waals surface area contributed by atoms with Gasteiger partial charge in [-0.05, 0) is 6.07 Å². The molecule has 0 aromatic carbocycles. The number of hydrogen-bond donors (Lipinski definition) is 3. The lowest BCUT2D eigenvalue weighted by Gasteiger charge is -2.05. The van der Waals surface area contributed by atoms with E-state index in [2.05, 4.69) is 4.98 Å². The van der Waals surface area contributed by atoms with E-state index in [9.17, 15) is 14.7 Å². The molecule has 0 fully saturated rings. The summed E-state index contributed by atoms with van der Waals surface area (Å²) in [5, 5.41) is 12.0. The Balaban J connectivity index is 0. The summed E-state index contributed by atoms with van der Waals surface area (Å²) in [4.78, 5) is 30.1. The van der Waals surface area contributed by atoms with E-state index in [0.29, 0.717) is 0 Å². The van der Waals surface area contributed by atoms with Crippen molar-refractivity contribution in [3.05, 3.63) is 28.4 Å². The van der Waals surface area contributed by atoms with Gasteiger partial charge in [0.05, 0.1) is 4.92 Å². The number of halogens is 2. The fourth-order valence-corrected chi connectivity index (χ4v) is 1.22. The molecule has 0 aliphatic heterocycles. The number of anilines is 1. The molecule has 8 nitrogen and oxygen atoms in total. The summed E-state index contributed by atoms with van der Waals surface area (Å²) in [5.74, 6) is -0.453. The molecule has 0 amide bonds. The van der Waals surface area contributed by atoms with Crippen molar-refractivity contribution in [1.29, 1.82) is 0 Å². The van der Waals surface area contributed by atoms with Crippen molar-refractivity contribution in [2.75, 3.05) is 5.09 Å². The second-order valence-electron chi connectivity index (χ2n) is 2.28. The minimum absolute atomic E-state index is 0. The van der Waals surface area contributed by atoms with Crippen LogP contribution >= 0.6 is 32.6 Å². The number of pyridine rings is 1. The summed E-state index contributed by atoms with van der Waals surface area (Å²) in [6, 6.07) is 2.38. The van der Waals surface area contributed by atoms with Gasteiger partial charge in [-0.2, -0.15) is 0 Å². The lowest BCUT2D eigenvalue weighted by Crippen LogP contribution is -2.01. The van der Waals surface area contributed by atoms with Gasteiger partial charge in [-0.1, -0.05) is 0 Å². The highest BCUT2D eigenvalue weighted by atomic mass is 35.5. The predicted molar refractivity (Wildman–Crippen MR) is 61.1 cm³/mol. The molecule has 0 spiro atoms. The molecule has 1 aromatic heterocycles. The molecular formula is C5H8Cl2N3O5P. The smallest absolute Gasteiger partial charge is 0.308 e. The van der Waals surface area contributed by atoms with Gasteiger partial charge in [0.15, 0.2) is 0 Å². The third kappa shape index (κ3) is 5.24. The van der Waals surface area contributed by atoms with Gasteiger partial charge in [0.1, 0.15) is 0 Å². The van der Waals surface area contributed by atoms with E-state index in [4.69, 9.17) is 9.79 Å². The van der Waals surface area contributed by atoms with Crippen LogP contribution in [0.4, 0.5) is 11.5 Å². The maximum atomic E-state index is 10.5. The van der Waals surface area contributed by atoms with E-state index in [-0.39, 0.29) is 24.8 Å². The molecule has 11 heteroatoms. The second kappa shape index (κ2) is 6.62. The van der Waals surface area contributed by atoms with Gasteiger partial charge in [-0.15, -0.1) is 24.8 Å². The van der Waals surface area contributed by atoms with Crippen LogP contribution in [0.25, 0.3) is 0 Å². The third-order valence-corrected chi connectivity index (χ3v) is 1.74. The molecule has 0 aliphatic rings. The third-order valence-electron chi connectivity index (χ3n) is 1.23. The lowest BCUT2D eigenvalue weighted by molar-refractivity contribution is -0.384. The molecule has 0 unspecified atom stereocenters. The second-order valence-corrected chi connectivity index (χ2v) is 3.60. The van der Waals surface area contributed by atoms with Gasteiger partial charge in [-0.25, -0.2) is 9.55 Å². The summed E-state index contributed by atoms with van der Waals surface area (Å²) in [5.41, 5.74) is -0.490. The van der Waals surface area contributed by atoms with E-state index in [1.54, 1.807) is 5.09 Å². The largest absolute Gasteiger partial charge is 0.428 e. The molecule has 0 bridgehead atoms. The Morgan fingerprint density at radius 2 is 2.00 bits per heavy atom. The summed E-state index contributed by atoms with van der Waals surface area (Å²) in [7, 11) is -4.57. The first-order valence-corrected chi connectivity index (χ1v) is 4.94. The van der Waals surface area contributed by atoms with E-state index < -0.39 is 24.2 Å². The minimum atomic E-state index is -4.57. The van der Waals surface area contributed by atoms with Crippen LogP contribution in [0.15, 0.2) is 18.3 Å². The summed E-state index contributed by atoms with van der Waals surface area (Å²) in [6.45, 7) is 0. The minimum Gasteiger partial charge on any atom is -0.308 e. The van der Waals surface area contributed by atoms with Crippen LogP contribution in [0.1, 0.15) is 0 Å². The standard InChI is InChI=1S/C5H6N3O5P.2ClH/c9-8(10)4-2-1-3-6-5(4)7-14(11,12)13;;/h1-3H,(H3,6,7,11,12,13);2*1H. The van der Waals surface area contributed by atoms with E-state index in [0.717, 1.165) is 6.07 Å². The highest BCUT2D eigenvalue weighted by Gasteiger charge is 2.21. The van der Waals surface area contributed by atoms with E-state index >= 15 is 0 Å². The first-order chi connectivity index (χ1) is 6.40. The molecule has 92 valence electrons. The van der Waals surface area contributed by atoms with Gasteiger partial charge in [0, 0.05) is 12.3 Å². The van der Waals surface area contributed by atoms with Crippen LogP contribution in [0.5, 0.6) is 0 Å². The first-order valence-electron chi connectivity index (χ1n) is 3.33. The zero-order valence-electron chi connectivity index (χ0n) is 7.51. The summed E-state index contributed by atoms with van der Waals surface area (Å²) >= 11 is 0. The number of nitrogens with zero attached hydrogens (tertiary/aromatic N) is 2. The number of rotatable bonds is 3. The Morgan fingerprint density at radius 1 is 1.44 bits per heavy atom. The van der Waals surface area contributed by atoms with Crippen LogP contribution < -0.4 is 5.09 Å². The number of aromatic nitrogens is 1. The van der Waals surface area contributed by atoms with Gasteiger partial charge >= 0.3 is 13.4 Å². The van der Waals surface area contributed by atoms with Gasteiger partial charge in [-0.3, -0.25) is 15.2 Å². The highest BCUT2D eigenvalue weighted by molar-refractivity contribution is 7.53. The summed E-state index contributed by atoms with van der Waals surface area (Å²) < 4.78 is 10.5. The number of hydrogen-bond acceptors (Lipinski definition) is 4. The zero-order chi connectivity index (χ0) is 10.8. The van der Waals surface area contributed by atoms with Crippen molar-refractivity contribution in [3.8, 4) is 0 Å². The van der Waals surface area contributed by atoms with E-state index in [1.807, 2.05) is 0 Å². The van der Waals surface area contributed by atoms with Crippen LogP contribution in [0, 0.1) is 10.1 Å². The molecule has 1 heterocycles. The van der Waals surface area contributed by atoms with Crippen molar-refractivity contribution in [3.63, 3.8) is 0 Å². The zero-order valence-corrected chi connectivity index (χ0v) is 10.0. The Morgan fingerprint density at radius 3 is 2.44 bits per heavy atom. The molecule has 0 saturated carbocycles. The predicted octanol–water partition coefficient (Wildman–Crippen LogP) is 1.34. The molecule has 3 N–H and O–H groups in total. The Kier molecular flexibility index (Phi) is 7.23. The fraction of sp³-hybridized carbons (Fsp3) is 0. The number of nitrogens with one attached hydrogen (secondary N) is 1. The Hall–Kier alpha value is -0.920. The maximum absolute atomic E-state index is 10.5. The van der Waals surface area contributed by atoms with E-state index in [1.165, 1.54) is 12.3 Å². The van der Waals surface area contributed by atoms with Crippen LogP contribution in [0.3, 0.4) is 0 Å². The average Bonchev–Trinajstić information content (AvgIpc) is 2.01. The number of nitro groups is 1. The summed E-state index contributed by atoms with van der Waals surface area (Å²) in [6.07, 6.45) is 1.19. The van der Waals surface area contributed by atoms with Crippen molar-refractivity contribution in [2.45, 2.75) is 0 Å². The monoisotopic (exact) mass is 291 g/mol. The Bertz CT molecular complexity index is 411. The SMILES string of the molecule is Cl.Cl.O=[N+]([O-])c1cccnc1NP(=O)(O)O. The van der Waals surface area contributed by atoms with Crippen molar-refractivity contribution < 1.29 is 19.3 Å². The van der Waals surface area contributed by atoms with Gasteiger partial charge in [0.2, 0.25) is 5.82 Å². The molecule has 1 rings (SSSR count). The first kappa shape index (κ1) is 17.5. The van der Waals surface area contributed by atoms with Crippen LogP contribution in [-0.4, -0.2) is 19.7 Å². The molecular weight excluding hydrogens is 284 g/mol. The van der Waals surface area contributed by atoms with Gasteiger partial charge < -0.3 is 9.79 Å². The van der Waals surface area contributed by atoms with Crippen molar-refractivity contribution in [1.82, 2.24) is 4.98 Å². The molecule has 0 atom stereocenters. The fourth-order valence-electron chi connectivity index (χ4n) is 0.768. The normalized spacial score (nSPS) is 9.62. The molecule has 1 aromatic rings. The Labute approximate surface area is 102 Å². The van der Waals surface area contributed by atoms with Gasteiger partial charge in [0.25, 0.3) is 0 Å². The van der Waals surface area contributed by atoms with Crippen molar-refractivity contribution >= 4 is 44.1 Å². The quantitative estimate of drug-likeness (QED) is 0.436. The molecule has 0 radical (unpaired) electrons. The van der Waals surface area contributed by atoms with Crippen molar-refractivity contribution in [2.24, 2.45) is 0 Å².